The number of allylic oxidation sites excluding steroid dienone is 1. The van der Waals surface area contributed by atoms with Crippen molar-refractivity contribution in [2.45, 2.75) is 71.4 Å². The number of epoxide rings is 1. The summed E-state index contributed by atoms with van der Waals surface area (Å²) in [4.78, 5) is 0. The Morgan fingerprint density at radius 2 is 1.90 bits per heavy atom. The molecule has 162 valence electrons. The molecule has 5 unspecified atom stereocenters. The van der Waals surface area contributed by atoms with Gasteiger partial charge in [0.1, 0.15) is 11.4 Å². The molecule has 1 aromatic carbocycles. The van der Waals surface area contributed by atoms with Crippen LogP contribution in [0.1, 0.15) is 52.5 Å². The normalized spacial score (nSPS) is 32.0. The molecule has 1 aliphatic carbocycles. The number of ether oxygens (including phenoxy) is 4. The van der Waals surface area contributed by atoms with E-state index < -0.39 is 0 Å². The highest BCUT2D eigenvalue weighted by molar-refractivity contribution is 5.27. The van der Waals surface area contributed by atoms with Gasteiger partial charge < -0.3 is 18.9 Å². The summed E-state index contributed by atoms with van der Waals surface area (Å²) in [5.74, 6) is 2.23. The van der Waals surface area contributed by atoms with E-state index in [4.69, 9.17) is 18.9 Å². The topological polar surface area (TPSA) is 40.2 Å². The van der Waals surface area contributed by atoms with E-state index in [9.17, 15) is 0 Å². The van der Waals surface area contributed by atoms with Crippen LogP contribution in [-0.2, 0) is 20.8 Å². The largest absolute Gasteiger partial charge is 0.497 e. The van der Waals surface area contributed by atoms with E-state index in [-0.39, 0.29) is 23.7 Å². The summed E-state index contributed by atoms with van der Waals surface area (Å²) in [7, 11) is 3.50. The molecule has 0 aromatic heterocycles. The summed E-state index contributed by atoms with van der Waals surface area (Å²) < 4.78 is 23.8. The van der Waals surface area contributed by atoms with Gasteiger partial charge in [-0.1, -0.05) is 44.6 Å². The van der Waals surface area contributed by atoms with Crippen molar-refractivity contribution in [2.24, 2.45) is 17.8 Å². The van der Waals surface area contributed by atoms with Crippen molar-refractivity contribution in [2.75, 3.05) is 20.8 Å². The Labute approximate surface area is 176 Å². The first-order valence-corrected chi connectivity index (χ1v) is 11.0. The minimum Gasteiger partial charge on any atom is -0.497 e. The Kier molecular flexibility index (Phi) is 7.42. The van der Waals surface area contributed by atoms with Crippen LogP contribution in [0.5, 0.6) is 5.75 Å². The lowest BCUT2D eigenvalue weighted by Crippen LogP contribution is -2.53. The molecule has 4 heteroatoms. The Bertz CT molecular complexity index is 675. The zero-order valence-corrected chi connectivity index (χ0v) is 18.9. The average Bonchev–Trinajstić information content (AvgIpc) is 3.46. The van der Waals surface area contributed by atoms with Gasteiger partial charge in [-0.05, 0) is 55.7 Å². The minimum absolute atomic E-state index is 0.00907. The Hall–Kier alpha value is -1.36. The molecular weight excluding hydrogens is 364 g/mol. The maximum Gasteiger partial charge on any atom is 0.118 e. The predicted octanol–water partition coefficient (Wildman–Crippen LogP) is 5.40. The maximum absolute atomic E-state index is 6.45. The monoisotopic (exact) mass is 402 g/mol. The van der Waals surface area contributed by atoms with Crippen LogP contribution in [0, 0.1) is 17.8 Å². The number of rotatable bonds is 9. The fourth-order valence-corrected chi connectivity index (χ4v) is 4.88. The second kappa shape index (κ2) is 9.63. The first kappa shape index (κ1) is 22.3. The molecule has 1 saturated heterocycles. The van der Waals surface area contributed by atoms with Crippen LogP contribution in [-0.4, -0.2) is 38.6 Å². The quantitative estimate of drug-likeness (QED) is 0.409. The average molecular weight is 403 g/mol. The van der Waals surface area contributed by atoms with Crippen LogP contribution < -0.4 is 4.74 Å². The molecule has 2 fully saturated rings. The number of benzene rings is 1. The van der Waals surface area contributed by atoms with E-state index in [1.165, 1.54) is 12.0 Å². The van der Waals surface area contributed by atoms with Gasteiger partial charge >= 0.3 is 0 Å². The zero-order valence-electron chi connectivity index (χ0n) is 18.9. The van der Waals surface area contributed by atoms with Gasteiger partial charge in [-0.15, -0.1) is 0 Å². The molecule has 4 nitrogen and oxygen atoms in total. The molecule has 0 N–H and O–H groups in total. The number of methoxy groups -OCH3 is 2. The Morgan fingerprint density at radius 1 is 1.21 bits per heavy atom. The first-order valence-electron chi connectivity index (χ1n) is 11.0. The molecule has 0 bridgehead atoms. The lowest BCUT2D eigenvalue weighted by Gasteiger charge is -2.45. The van der Waals surface area contributed by atoms with Crippen molar-refractivity contribution in [3.8, 4) is 5.75 Å². The van der Waals surface area contributed by atoms with Gasteiger partial charge in [-0.25, -0.2) is 0 Å². The van der Waals surface area contributed by atoms with Crippen LogP contribution in [0.25, 0.3) is 0 Å². The highest BCUT2D eigenvalue weighted by Gasteiger charge is 2.61. The van der Waals surface area contributed by atoms with Crippen molar-refractivity contribution >= 4 is 0 Å². The lowest BCUT2D eigenvalue weighted by atomic mass is 9.68. The third-order valence-corrected chi connectivity index (χ3v) is 6.54. The predicted molar refractivity (Wildman–Crippen MR) is 116 cm³/mol. The molecule has 0 radical (unpaired) electrons. The van der Waals surface area contributed by atoms with Gasteiger partial charge in [0.2, 0.25) is 0 Å². The molecule has 2 aliphatic rings. The molecule has 1 aromatic rings. The Morgan fingerprint density at radius 3 is 2.45 bits per heavy atom. The summed E-state index contributed by atoms with van der Waals surface area (Å²) in [6.07, 6.45) is 5.81. The molecule has 1 saturated carbocycles. The van der Waals surface area contributed by atoms with Crippen LogP contribution in [0.4, 0.5) is 0 Å². The van der Waals surface area contributed by atoms with Crippen molar-refractivity contribution in [3.05, 3.63) is 41.5 Å². The van der Waals surface area contributed by atoms with E-state index >= 15 is 0 Å². The Balaban J connectivity index is 1.72. The van der Waals surface area contributed by atoms with Gasteiger partial charge in [0.15, 0.2) is 0 Å². The smallest absolute Gasteiger partial charge is 0.118 e. The van der Waals surface area contributed by atoms with Gasteiger partial charge in [-0.3, -0.25) is 0 Å². The molecule has 1 spiro atoms. The lowest BCUT2D eigenvalue weighted by molar-refractivity contribution is -0.142. The van der Waals surface area contributed by atoms with Crippen LogP contribution in [0.2, 0.25) is 0 Å². The molecule has 3 rings (SSSR count). The molecule has 0 amide bonds. The van der Waals surface area contributed by atoms with Crippen molar-refractivity contribution in [1.29, 1.82) is 0 Å². The second-order valence-corrected chi connectivity index (χ2v) is 9.26. The van der Waals surface area contributed by atoms with Gasteiger partial charge in [-0.2, -0.15) is 0 Å². The van der Waals surface area contributed by atoms with E-state index in [0.717, 1.165) is 36.7 Å². The van der Waals surface area contributed by atoms with Crippen molar-refractivity contribution < 1.29 is 18.9 Å². The van der Waals surface area contributed by atoms with Crippen molar-refractivity contribution in [3.63, 3.8) is 0 Å². The standard InChI is InChI=1S/C25H38O4/c1-17(2)8-7-9-18(3)22-24(27-6)23(19(4)14-25(22)16-29-25)28-15-20-10-12-21(26-5)13-11-20/h9-13,17,19,22-24H,7-8,14-16H2,1-6H3/b18-9+. The van der Waals surface area contributed by atoms with Gasteiger partial charge in [0.05, 0.1) is 32.5 Å². The maximum atomic E-state index is 6.45. The summed E-state index contributed by atoms with van der Waals surface area (Å²) >= 11 is 0. The fourth-order valence-electron chi connectivity index (χ4n) is 4.88. The SMILES string of the molecule is COc1ccc(COC2C(C)CC3(CO3)C(/C(C)=C/CCC(C)C)C2OC)cc1. The minimum atomic E-state index is -0.0571. The highest BCUT2D eigenvalue weighted by Crippen LogP contribution is 2.52. The second-order valence-electron chi connectivity index (χ2n) is 9.26. The van der Waals surface area contributed by atoms with Gasteiger partial charge in [0.25, 0.3) is 0 Å². The molecule has 1 heterocycles. The zero-order chi connectivity index (χ0) is 21.0. The van der Waals surface area contributed by atoms with Crippen molar-refractivity contribution in [1.82, 2.24) is 0 Å². The van der Waals surface area contributed by atoms with E-state index in [0.29, 0.717) is 12.5 Å². The van der Waals surface area contributed by atoms with E-state index in [2.05, 4.69) is 45.9 Å². The first-order chi connectivity index (χ1) is 13.9. The molecule has 29 heavy (non-hydrogen) atoms. The highest BCUT2D eigenvalue weighted by atomic mass is 16.6. The molecular formula is C25H38O4. The summed E-state index contributed by atoms with van der Waals surface area (Å²) in [6, 6.07) is 8.09. The van der Waals surface area contributed by atoms with E-state index in [1.54, 1.807) is 7.11 Å². The fraction of sp³-hybridized carbons (Fsp3) is 0.680. The summed E-state index contributed by atoms with van der Waals surface area (Å²) in [5, 5.41) is 0. The number of hydrogen-bond donors (Lipinski definition) is 0. The third kappa shape index (κ3) is 5.22. The molecule has 1 aliphatic heterocycles. The van der Waals surface area contributed by atoms with Crippen LogP contribution in [0.15, 0.2) is 35.9 Å². The molecule has 5 atom stereocenters. The number of hydrogen-bond acceptors (Lipinski definition) is 4. The van der Waals surface area contributed by atoms with Gasteiger partial charge in [0, 0.05) is 13.0 Å². The van der Waals surface area contributed by atoms with Crippen LogP contribution in [0.3, 0.4) is 0 Å². The summed E-state index contributed by atoms with van der Waals surface area (Å²) in [5.41, 5.74) is 2.48. The summed E-state index contributed by atoms with van der Waals surface area (Å²) in [6.45, 7) is 10.5. The van der Waals surface area contributed by atoms with E-state index in [1.807, 2.05) is 19.2 Å². The van der Waals surface area contributed by atoms with Crippen LogP contribution >= 0.6 is 0 Å². The third-order valence-electron chi connectivity index (χ3n) is 6.54.